The quantitative estimate of drug-likeness (QED) is 0.655. The van der Waals surface area contributed by atoms with Crippen LogP contribution in [0, 0.1) is 5.41 Å². The second-order valence-electron chi connectivity index (χ2n) is 5.06. The van der Waals surface area contributed by atoms with Gasteiger partial charge in [-0.05, 0) is 44.2 Å². The van der Waals surface area contributed by atoms with Crippen LogP contribution < -0.4 is 0 Å². The second kappa shape index (κ2) is 4.95. The number of nitrogens with zero attached hydrogens (tertiary/aromatic N) is 1. The minimum absolute atomic E-state index is 0.166. The average molecular weight is 225 g/mol. The van der Waals surface area contributed by atoms with E-state index in [0.717, 1.165) is 38.8 Å². The lowest BCUT2D eigenvalue weighted by atomic mass is 9.61. The van der Waals surface area contributed by atoms with Crippen LogP contribution in [0.3, 0.4) is 0 Å². The van der Waals surface area contributed by atoms with Crippen LogP contribution in [0.25, 0.3) is 0 Å². The van der Waals surface area contributed by atoms with E-state index in [-0.39, 0.29) is 6.10 Å². The molecule has 1 saturated carbocycles. The van der Waals surface area contributed by atoms with E-state index < -0.39 is 0 Å². The van der Waals surface area contributed by atoms with Gasteiger partial charge in [-0.2, -0.15) is 0 Å². The molecular weight excluding hydrogens is 206 g/mol. The predicted octanol–water partition coefficient (Wildman–Crippen LogP) is 0.993. The summed E-state index contributed by atoms with van der Waals surface area (Å²) in [5, 5.41) is 0. The van der Waals surface area contributed by atoms with Crippen molar-refractivity contribution in [1.82, 2.24) is 4.90 Å². The van der Waals surface area contributed by atoms with Crippen LogP contribution in [0.15, 0.2) is 0 Å². The third-order valence-electron chi connectivity index (χ3n) is 4.05. The van der Waals surface area contributed by atoms with Crippen LogP contribution in [0.5, 0.6) is 0 Å². The van der Waals surface area contributed by atoms with Crippen molar-refractivity contribution in [1.29, 1.82) is 0 Å². The Morgan fingerprint density at radius 1 is 1.25 bits per heavy atom. The summed E-state index contributed by atoms with van der Waals surface area (Å²) < 4.78 is 4.96. The fourth-order valence-corrected chi connectivity index (χ4v) is 2.98. The van der Waals surface area contributed by atoms with Gasteiger partial charge in [0.25, 0.3) is 6.47 Å². The lowest BCUT2D eigenvalue weighted by molar-refractivity contribution is -0.149. The van der Waals surface area contributed by atoms with Gasteiger partial charge in [0.1, 0.15) is 12.4 Å². The van der Waals surface area contributed by atoms with Gasteiger partial charge in [0.2, 0.25) is 0 Å². The number of piperidine rings is 1. The zero-order valence-electron chi connectivity index (χ0n) is 9.56. The minimum Gasteiger partial charge on any atom is -0.465 e. The Morgan fingerprint density at radius 2 is 1.94 bits per heavy atom. The lowest BCUT2D eigenvalue weighted by Gasteiger charge is -2.51. The molecule has 0 aromatic rings. The van der Waals surface area contributed by atoms with Crippen molar-refractivity contribution >= 4 is 12.8 Å². The SMILES string of the molecule is O=CCCN1CCC2(CC1)CC(OC=O)C2. The van der Waals surface area contributed by atoms with Crippen LogP contribution in [0.4, 0.5) is 0 Å². The number of hydrogen-bond donors (Lipinski definition) is 0. The van der Waals surface area contributed by atoms with Crippen LogP contribution in [0.2, 0.25) is 0 Å². The highest BCUT2D eigenvalue weighted by Gasteiger charge is 2.46. The average Bonchev–Trinajstić information content (AvgIpc) is 2.26. The molecule has 2 aliphatic rings. The maximum absolute atomic E-state index is 10.3. The molecule has 1 aliphatic carbocycles. The second-order valence-corrected chi connectivity index (χ2v) is 5.06. The molecule has 1 aliphatic heterocycles. The first-order valence-corrected chi connectivity index (χ1v) is 6.03. The summed E-state index contributed by atoms with van der Waals surface area (Å²) in [7, 11) is 0. The van der Waals surface area contributed by atoms with Crippen LogP contribution in [-0.2, 0) is 14.3 Å². The minimum atomic E-state index is 0.166. The van der Waals surface area contributed by atoms with Crippen molar-refractivity contribution in [2.24, 2.45) is 5.41 Å². The van der Waals surface area contributed by atoms with Crippen molar-refractivity contribution in [2.75, 3.05) is 19.6 Å². The molecule has 0 aromatic heterocycles. The summed E-state index contributed by atoms with van der Waals surface area (Å²) in [5.41, 5.74) is 0.436. The van der Waals surface area contributed by atoms with E-state index in [1.54, 1.807) is 0 Å². The topological polar surface area (TPSA) is 46.6 Å². The van der Waals surface area contributed by atoms with Gasteiger partial charge in [0.15, 0.2) is 0 Å². The molecule has 0 bridgehead atoms. The van der Waals surface area contributed by atoms with Crippen LogP contribution >= 0.6 is 0 Å². The Hall–Kier alpha value is -0.900. The van der Waals surface area contributed by atoms with E-state index >= 15 is 0 Å². The molecule has 0 aromatic carbocycles. The molecule has 0 radical (unpaired) electrons. The summed E-state index contributed by atoms with van der Waals surface area (Å²) in [4.78, 5) is 22.8. The molecule has 0 unspecified atom stereocenters. The van der Waals surface area contributed by atoms with Gasteiger partial charge >= 0.3 is 0 Å². The summed E-state index contributed by atoms with van der Waals surface area (Å²) >= 11 is 0. The van der Waals surface area contributed by atoms with E-state index in [1.165, 1.54) is 12.8 Å². The van der Waals surface area contributed by atoms with Crippen molar-refractivity contribution in [2.45, 2.75) is 38.2 Å². The Bertz CT molecular complexity index is 251. The normalized spacial score (nSPS) is 25.0. The maximum atomic E-state index is 10.3. The molecule has 0 amide bonds. The summed E-state index contributed by atoms with van der Waals surface area (Å²) in [6, 6.07) is 0. The molecule has 4 nitrogen and oxygen atoms in total. The number of carbonyl (C=O) groups excluding carboxylic acids is 2. The number of carbonyl (C=O) groups is 2. The van der Waals surface area contributed by atoms with Gasteiger partial charge in [-0.3, -0.25) is 4.79 Å². The van der Waals surface area contributed by atoms with Gasteiger partial charge in [-0.15, -0.1) is 0 Å². The molecule has 1 heterocycles. The molecular formula is C12H19NO3. The van der Waals surface area contributed by atoms with Gasteiger partial charge < -0.3 is 14.4 Å². The first kappa shape index (κ1) is 11.6. The molecule has 1 saturated heterocycles. The van der Waals surface area contributed by atoms with Gasteiger partial charge in [-0.25, -0.2) is 0 Å². The first-order valence-electron chi connectivity index (χ1n) is 6.03. The van der Waals surface area contributed by atoms with E-state index in [9.17, 15) is 9.59 Å². The number of aldehydes is 1. The van der Waals surface area contributed by atoms with E-state index in [4.69, 9.17) is 4.74 Å². The van der Waals surface area contributed by atoms with E-state index in [2.05, 4.69) is 4.90 Å². The fraction of sp³-hybridized carbons (Fsp3) is 0.833. The lowest BCUT2D eigenvalue weighted by Crippen LogP contribution is -2.50. The van der Waals surface area contributed by atoms with Crippen LogP contribution in [-0.4, -0.2) is 43.4 Å². The number of hydrogen-bond acceptors (Lipinski definition) is 4. The summed E-state index contributed by atoms with van der Waals surface area (Å²) in [6.45, 7) is 3.63. The third kappa shape index (κ3) is 2.43. The van der Waals surface area contributed by atoms with Crippen molar-refractivity contribution in [3.05, 3.63) is 0 Å². The van der Waals surface area contributed by atoms with Crippen molar-refractivity contribution in [3.8, 4) is 0 Å². The van der Waals surface area contributed by atoms with Crippen LogP contribution in [0.1, 0.15) is 32.1 Å². The zero-order chi connectivity index (χ0) is 11.4. The third-order valence-corrected chi connectivity index (χ3v) is 4.05. The monoisotopic (exact) mass is 225 g/mol. The first-order chi connectivity index (χ1) is 7.78. The van der Waals surface area contributed by atoms with Gasteiger partial charge in [0.05, 0.1) is 0 Å². The Kier molecular flexibility index (Phi) is 3.59. The highest BCUT2D eigenvalue weighted by molar-refractivity contribution is 5.49. The molecule has 2 rings (SSSR count). The fourth-order valence-electron chi connectivity index (χ4n) is 2.98. The van der Waals surface area contributed by atoms with Crippen molar-refractivity contribution in [3.63, 3.8) is 0 Å². The number of rotatable bonds is 5. The predicted molar refractivity (Wildman–Crippen MR) is 59.0 cm³/mol. The number of ether oxygens (including phenoxy) is 1. The summed E-state index contributed by atoms with van der Waals surface area (Å²) in [6.07, 6.45) is 6.24. The van der Waals surface area contributed by atoms with Gasteiger partial charge in [-0.1, -0.05) is 0 Å². The number of likely N-dealkylation sites (tertiary alicyclic amines) is 1. The standard InChI is InChI=1S/C12H19NO3/c14-7-1-4-13-5-2-12(3-6-13)8-11(9-12)16-10-15/h7,10-11H,1-6,8-9H2. The highest BCUT2D eigenvalue weighted by Crippen LogP contribution is 2.50. The van der Waals surface area contributed by atoms with E-state index in [1.807, 2.05) is 0 Å². The van der Waals surface area contributed by atoms with Gasteiger partial charge in [0, 0.05) is 13.0 Å². The molecule has 0 atom stereocenters. The smallest absolute Gasteiger partial charge is 0.293 e. The maximum Gasteiger partial charge on any atom is 0.293 e. The highest BCUT2D eigenvalue weighted by atomic mass is 16.5. The van der Waals surface area contributed by atoms with E-state index in [0.29, 0.717) is 18.3 Å². The Morgan fingerprint density at radius 3 is 2.50 bits per heavy atom. The zero-order valence-corrected chi connectivity index (χ0v) is 9.56. The molecule has 1 spiro atoms. The molecule has 4 heteroatoms. The van der Waals surface area contributed by atoms with Crippen molar-refractivity contribution < 1.29 is 14.3 Å². The molecule has 2 fully saturated rings. The largest absolute Gasteiger partial charge is 0.465 e. The molecule has 0 N–H and O–H groups in total. The molecule has 90 valence electrons. The Balaban J connectivity index is 1.70. The summed E-state index contributed by atoms with van der Waals surface area (Å²) in [5.74, 6) is 0. The molecule has 16 heavy (non-hydrogen) atoms. The Labute approximate surface area is 95.9 Å².